The van der Waals surface area contributed by atoms with Gasteiger partial charge in [0.05, 0.1) is 4.90 Å². The molecule has 2 N–H and O–H groups in total. The van der Waals surface area contributed by atoms with Crippen LogP contribution in [-0.4, -0.2) is 25.8 Å². The highest BCUT2D eigenvalue weighted by Crippen LogP contribution is 2.17. The van der Waals surface area contributed by atoms with Crippen molar-refractivity contribution in [1.29, 1.82) is 0 Å². The molecule has 0 atom stereocenters. The van der Waals surface area contributed by atoms with Crippen molar-refractivity contribution >= 4 is 15.7 Å². The number of nitrogens with two attached hydrogens (primary N) is 1. The van der Waals surface area contributed by atoms with Gasteiger partial charge in [0.2, 0.25) is 10.0 Å². The number of hydrogen-bond acceptors (Lipinski definition) is 3. The van der Waals surface area contributed by atoms with Gasteiger partial charge in [0.25, 0.3) is 0 Å². The Morgan fingerprint density at radius 1 is 1.50 bits per heavy atom. The van der Waals surface area contributed by atoms with Crippen molar-refractivity contribution in [3.8, 4) is 0 Å². The van der Waals surface area contributed by atoms with Crippen LogP contribution in [0.25, 0.3) is 0 Å². The monoisotopic (exact) mass is 240 g/mol. The summed E-state index contributed by atoms with van der Waals surface area (Å²) in [5, 5.41) is 0. The zero-order valence-corrected chi connectivity index (χ0v) is 10.1. The van der Waals surface area contributed by atoms with E-state index in [0.29, 0.717) is 18.8 Å². The molecule has 0 aliphatic rings. The Morgan fingerprint density at radius 3 is 2.69 bits per heavy atom. The second-order valence-electron chi connectivity index (χ2n) is 3.32. The zero-order chi connectivity index (χ0) is 12.2. The number of sulfonamides is 1. The summed E-state index contributed by atoms with van der Waals surface area (Å²) in [7, 11) is -3.45. The summed E-state index contributed by atoms with van der Waals surface area (Å²) < 4.78 is 25.6. The molecular formula is C11H16N2O2S. The van der Waals surface area contributed by atoms with Crippen molar-refractivity contribution in [2.45, 2.75) is 11.8 Å². The van der Waals surface area contributed by atoms with Gasteiger partial charge in [-0.15, -0.1) is 6.58 Å². The third-order valence-corrected chi connectivity index (χ3v) is 4.12. The maximum Gasteiger partial charge on any atom is 0.243 e. The molecule has 5 heteroatoms. The smallest absolute Gasteiger partial charge is 0.243 e. The molecule has 1 aromatic carbocycles. The SMILES string of the molecule is C=CCN(CC)S(=O)(=O)c1cccc(N)c1. The molecule has 0 radical (unpaired) electrons. The van der Waals surface area contributed by atoms with Gasteiger partial charge in [0, 0.05) is 18.8 Å². The van der Waals surface area contributed by atoms with E-state index in [1.54, 1.807) is 25.1 Å². The number of likely N-dealkylation sites (N-methyl/N-ethyl adjacent to an activating group) is 1. The lowest BCUT2D eigenvalue weighted by Crippen LogP contribution is -2.31. The normalized spacial score (nSPS) is 11.6. The first-order chi connectivity index (χ1) is 7.52. The van der Waals surface area contributed by atoms with Crippen LogP contribution in [0.3, 0.4) is 0 Å². The fourth-order valence-electron chi connectivity index (χ4n) is 1.37. The van der Waals surface area contributed by atoms with Crippen molar-refractivity contribution < 1.29 is 8.42 Å². The molecule has 0 amide bonds. The van der Waals surface area contributed by atoms with E-state index in [2.05, 4.69) is 6.58 Å². The molecule has 0 saturated carbocycles. The van der Waals surface area contributed by atoms with E-state index in [0.717, 1.165) is 0 Å². The lowest BCUT2D eigenvalue weighted by Gasteiger charge is -2.18. The van der Waals surface area contributed by atoms with Crippen molar-refractivity contribution in [1.82, 2.24) is 4.31 Å². The van der Waals surface area contributed by atoms with Gasteiger partial charge in [-0.1, -0.05) is 19.1 Å². The molecule has 0 aromatic heterocycles. The Balaban J connectivity index is 3.14. The van der Waals surface area contributed by atoms with Crippen LogP contribution < -0.4 is 5.73 Å². The van der Waals surface area contributed by atoms with Crippen molar-refractivity contribution in [2.75, 3.05) is 18.8 Å². The summed E-state index contributed by atoms with van der Waals surface area (Å²) in [6.07, 6.45) is 1.56. The summed E-state index contributed by atoms with van der Waals surface area (Å²) in [6.45, 7) is 6.03. The molecule has 1 rings (SSSR count). The van der Waals surface area contributed by atoms with Gasteiger partial charge in [-0.05, 0) is 18.2 Å². The quantitative estimate of drug-likeness (QED) is 0.626. The maximum absolute atomic E-state index is 12.1. The lowest BCUT2D eigenvalue weighted by molar-refractivity contribution is 0.460. The number of nitrogens with zero attached hydrogens (tertiary/aromatic N) is 1. The number of anilines is 1. The number of benzene rings is 1. The molecular weight excluding hydrogens is 224 g/mol. The summed E-state index contributed by atoms with van der Waals surface area (Å²) in [4.78, 5) is 0.219. The van der Waals surface area contributed by atoms with Gasteiger partial charge in [-0.2, -0.15) is 4.31 Å². The van der Waals surface area contributed by atoms with Crippen LogP contribution in [0.1, 0.15) is 6.92 Å². The average molecular weight is 240 g/mol. The fraction of sp³-hybridized carbons (Fsp3) is 0.273. The second kappa shape index (κ2) is 5.14. The lowest BCUT2D eigenvalue weighted by atomic mass is 10.3. The molecule has 0 fully saturated rings. The number of rotatable bonds is 5. The molecule has 0 saturated heterocycles. The summed E-state index contributed by atoms with van der Waals surface area (Å²) in [5.41, 5.74) is 6.01. The van der Waals surface area contributed by atoms with Crippen LogP contribution in [0.15, 0.2) is 41.8 Å². The third kappa shape index (κ3) is 2.62. The summed E-state index contributed by atoms with van der Waals surface area (Å²) in [6, 6.07) is 6.28. The minimum Gasteiger partial charge on any atom is -0.399 e. The van der Waals surface area contributed by atoms with E-state index in [1.165, 1.54) is 16.4 Å². The summed E-state index contributed by atoms with van der Waals surface area (Å²) >= 11 is 0. The largest absolute Gasteiger partial charge is 0.399 e. The van der Waals surface area contributed by atoms with E-state index in [-0.39, 0.29) is 4.90 Å². The minimum atomic E-state index is -3.45. The van der Waals surface area contributed by atoms with Gasteiger partial charge < -0.3 is 5.73 Å². The fourth-order valence-corrected chi connectivity index (χ4v) is 2.84. The molecule has 0 heterocycles. The molecule has 1 aromatic rings. The van der Waals surface area contributed by atoms with E-state index in [4.69, 9.17) is 5.73 Å². The Morgan fingerprint density at radius 2 is 2.19 bits per heavy atom. The van der Waals surface area contributed by atoms with Gasteiger partial charge in [-0.25, -0.2) is 8.42 Å². The van der Waals surface area contributed by atoms with Crippen LogP contribution in [0.5, 0.6) is 0 Å². The van der Waals surface area contributed by atoms with Crippen molar-refractivity contribution in [3.63, 3.8) is 0 Å². The zero-order valence-electron chi connectivity index (χ0n) is 9.26. The molecule has 0 bridgehead atoms. The molecule has 4 nitrogen and oxygen atoms in total. The Kier molecular flexibility index (Phi) is 4.09. The van der Waals surface area contributed by atoms with E-state index >= 15 is 0 Å². The summed E-state index contributed by atoms with van der Waals surface area (Å²) in [5.74, 6) is 0. The third-order valence-electron chi connectivity index (χ3n) is 2.18. The molecule has 0 aliphatic heterocycles. The molecule has 88 valence electrons. The highest BCUT2D eigenvalue weighted by atomic mass is 32.2. The molecule has 0 spiro atoms. The second-order valence-corrected chi connectivity index (χ2v) is 5.25. The average Bonchev–Trinajstić information content (AvgIpc) is 2.25. The predicted molar refractivity (Wildman–Crippen MR) is 65.5 cm³/mol. The van der Waals surface area contributed by atoms with Crippen LogP contribution in [0, 0.1) is 0 Å². The van der Waals surface area contributed by atoms with E-state index in [9.17, 15) is 8.42 Å². The van der Waals surface area contributed by atoms with Crippen molar-refractivity contribution in [3.05, 3.63) is 36.9 Å². The Bertz CT molecular complexity index is 469. The first kappa shape index (κ1) is 12.7. The number of hydrogen-bond donors (Lipinski definition) is 1. The first-order valence-corrected chi connectivity index (χ1v) is 6.43. The number of nitrogen functional groups attached to an aromatic ring is 1. The highest BCUT2D eigenvalue weighted by molar-refractivity contribution is 7.89. The van der Waals surface area contributed by atoms with Gasteiger partial charge >= 0.3 is 0 Å². The first-order valence-electron chi connectivity index (χ1n) is 4.99. The highest BCUT2D eigenvalue weighted by Gasteiger charge is 2.21. The Labute approximate surface area is 96.4 Å². The standard InChI is InChI=1S/C11H16N2O2S/c1-3-8-13(4-2)16(14,15)11-7-5-6-10(12)9-11/h3,5-7,9H,1,4,8,12H2,2H3. The van der Waals surface area contributed by atoms with E-state index < -0.39 is 10.0 Å². The van der Waals surface area contributed by atoms with Crippen LogP contribution in [-0.2, 0) is 10.0 Å². The molecule has 16 heavy (non-hydrogen) atoms. The predicted octanol–water partition coefficient (Wildman–Crippen LogP) is 1.47. The Hall–Kier alpha value is -1.33. The molecule has 0 unspecified atom stereocenters. The maximum atomic E-state index is 12.1. The van der Waals surface area contributed by atoms with Crippen LogP contribution >= 0.6 is 0 Å². The van der Waals surface area contributed by atoms with E-state index in [1.807, 2.05) is 0 Å². The van der Waals surface area contributed by atoms with Crippen LogP contribution in [0.2, 0.25) is 0 Å². The molecule has 0 aliphatic carbocycles. The van der Waals surface area contributed by atoms with Crippen LogP contribution in [0.4, 0.5) is 5.69 Å². The van der Waals surface area contributed by atoms with Crippen molar-refractivity contribution in [2.24, 2.45) is 0 Å². The van der Waals surface area contributed by atoms with Gasteiger partial charge in [-0.3, -0.25) is 0 Å². The minimum absolute atomic E-state index is 0.219. The van der Waals surface area contributed by atoms with Gasteiger partial charge in [0.1, 0.15) is 0 Å². The van der Waals surface area contributed by atoms with Gasteiger partial charge in [0.15, 0.2) is 0 Å². The topological polar surface area (TPSA) is 63.4 Å².